The highest BCUT2D eigenvalue weighted by molar-refractivity contribution is 6.36. The number of rotatable bonds is 4. The van der Waals surface area contributed by atoms with E-state index in [1.165, 1.54) is 6.08 Å². The second kappa shape index (κ2) is 9.01. The second-order valence-corrected chi connectivity index (χ2v) is 9.15. The lowest BCUT2D eigenvalue weighted by molar-refractivity contribution is -0.127. The van der Waals surface area contributed by atoms with Gasteiger partial charge >= 0.3 is 0 Å². The number of aryl methyl sites for hydroxylation is 1. The van der Waals surface area contributed by atoms with E-state index in [2.05, 4.69) is 32.5 Å². The molecule has 1 amide bonds. The molecule has 1 aromatic carbocycles. The number of amides is 1. The summed E-state index contributed by atoms with van der Waals surface area (Å²) in [5.41, 5.74) is 6.42. The third kappa shape index (κ3) is 3.88. The molecule has 0 bridgehead atoms. The van der Waals surface area contributed by atoms with E-state index in [1.807, 2.05) is 30.9 Å². The number of aromatic nitrogens is 5. The summed E-state index contributed by atoms with van der Waals surface area (Å²) in [6, 6.07) is 7.83. The van der Waals surface area contributed by atoms with Gasteiger partial charge in [-0.05, 0) is 56.5 Å². The fraction of sp³-hybridized carbons (Fsp3) is 0.269. The first kappa shape index (κ1) is 22.8. The number of pyridine rings is 1. The Morgan fingerprint density at radius 1 is 1.29 bits per heavy atom. The van der Waals surface area contributed by atoms with Crippen LogP contribution < -0.4 is 0 Å². The molecular weight excluding hydrogens is 462 g/mol. The highest BCUT2D eigenvalue weighted by Gasteiger charge is 2.29. The molecule has 176 valence electrons. The van der Waals surface area contributed by atoms with Crippen LogP contribution in [-0.4, -0.2) is 48.9 Å². The molecule has 3 aromatic heterocycles. The highest BCUT2D eigenvalue weighted by Crippen LogP contribution is 2.44. The first-order valence-corrected chi connectivity index (χ1v) is 11.8. The molecule has 0 aliphatic carbocycles. The predicted octanol–water partition coefficient (Wildman–Crippen LogP) is 4.98. The SMILES string of the molecule is C=CC(=O)N1CCC(n2nc(-c3ccnc(C#N)c3)c(-c3c(Cl)c(C)cc4[nH]ncc34)c2C)CC1. The van der Waals surface area contributed by atoms with Crippen molar-refractivity contribution >= 4 is 28.4 Å². The van der Waals surface area contributed by atoms with Gasteiger partial charge in [-0.15, -0.1) is 0 Å². The molecule has 1 fully saturated rings. The number of nitrogens with zero attached hydrogens (tertiary/aromatic N) is 6. The van der Waals surface area contributed by atoms with Crippen molar-refractivity contribution < 1.29 is 4.79 Å². The zero-order chi connectivity index (χ0) is 24.7. The number of benzene rings is 1. The molecule has 5 rings (SSSR count). The summed E-state index contributed by atoms with van der Waals surface area (Å²) >= 11 is 6.92. The molecule has 1 N–H and O–H groups in total. The smallest absolute Gasteiger partial charge is 0.245 e. The lowest BCUT2D eigenvalue weighted by atomic mass is 9.94. The maximum Gasteiger partial charge on any atom is 0.245 e. The van der Waals surface area contributed by atoms with Crippen LogP contribution in [0.5, 0.6) is 0 Å². The number of hydrogen-bond donors (Lipinski definition) is 1. The number of piperidine rings is 1. The topological polar surface area (TPSA) is 103 Å². The number of carbonyl (C=O) groups is 1. The lowest BCUT2D eigenvalue weighted by Crippen LogP contribution is -2.38. The Labute approximate surface area is 207 Å². The summed E-state index contributed by atoms with van der Waals surface area (Å²) in [7, 11) is 0. The van der Waals surface area contributed by atoms with Gasteiger partial charge in [-0.3, -0.25) is 14.6 Å². The van der Waals surface area contributed by atoms with E-state index in [4.69, 9.17) is 16.7 Å². The number of likely N-dealkylation sites (tertiary alicyclic amines) is 1. The Kier molecular flexibility index (Phi) is 5.87. The number of fused-ring (bicyclic) bond motifs is 1. The zero-order valence-electron chi connectivity index (χ0n) is 19.5. The molecular formula is C26H24ClN7O. The molecule has 35 heavy (non-hydrogen) atoms. The highest BCUT2D eigenvalue weighted by atomic mass is 35.5. The summed E-state index contributed by atoms with van der Waals surface area (Å²) < 4.78 is 2.05. The van der Waals surface area contributed by atoms with Crippen LogP contribution in [0, 0.1) is 25.2 Å². The molecule has 4 heterocycles. The molecule has 0 spiro atoms. The van der Waals surface area contributed by atoms with Crippen molar-refractivity contribution in [1.29, 1.82) is 5.26 Å². The van der Waals surface area contributed by atoms with Gasteiger partial charge in [0, 0.05) is 47.1 Å². The maximum atomic E-state index is 12.1. The summed E-state index contributed by atoms with van der Waals surface area (Å²) in [4.78, 5) is 18.0. The van der Waals surface area contributed by atoms with E-state index < -0.39 is 0 Å². The quantitative estimate of drug-likeness (QED) is 0.410. The monoisotopic (exact) mass is 485 g/mol. The summed E-state index contributed by atoms with van der Waals surface area (Å²) in [6.45, 7) is 8.90. The first-order valence-electron chi connectivity index (χ1n) is 11.4. The Bertz CT molecular complexity index is 1500. The number of hydrogen-bond acceptors (Lipinski definition) is 5. The van der Waals surface area contributed by atoms with Crippen molar-refractivity contribution in [3.63, 3.8) is 0 Å². The van der Waals surface area contributed by atoms with E-state index in [-0.39, 0.29) is 11.9 Å². The van der Waals surface area contributed by atoms with Crippen molar-refractivity contribution in [2.24, 2.45) is 0 Å². The zero-order valence-corrected chi connectivity index (χ0v) is 20.3. The Morgan fingerprint density at radius 2 is 2.06 bits per heavy atom. The number of aromatic amines is 1. The molecule has 0 radical (unpaired) electrons. The van der Waals surface area contributed by atoms with E-state index in [0.717, 1.165) is 57.4 Å². The van der Waals surface area contributed by atoms with Crippen LogP contribution in [0.25, 0.3) is 33.3 Å². The predicted molar refractivity (Wildman–Crippen MR) is 135 cm³/mol. The Morgan fingerprint density at radius 3 is 2.77 bits per heavy atom. The standard InChI is InChI=1S/C26H24ClN7O/c1-4-22(35)33-9-6-19(7-10-33)34-16(3)23(26(32-34)17-5-8-29-18(12-17)13-28)24-20-14-30-31-21(20)11-15(2)25(24)27/h4-5,8,11-12,14,19H,1,6-7,9-10H2,2-3H3,(H,30,31). The number of halogens is 1. The Hall–Kier alpha value is -3.96. The van der Waals surface area contributed by atoms with Gasteiger partial charge in [0.15, 0.2) is 0 Å². The van der Waals surface area contributed by atoms with Gasteiger partial charge in [0.25, 0.3) is 0 Å². The number of nitrogens with one attached hydrogen (secondary N) is 1. The number of carbonyl (C=O) groups excluding carboxylic acids is 1. The van der Waals surface area contributed by atoms with Crippen molar-refractivity contribution in [3.8, 4) is 28.5 Å². The molecule has 0 atom stereocenters. The fourth-order valence-electron chi connectivity index (χ4n) is 4.92. The molecule has 9 heteroatoms. The van der Waals surface area contributed by atoms with Crippen LogP contribution in [0.4, 0.5) is 0 Å². The normalized spacial score (nSPS) is 14.3. The largest absolute Gasteiger partial charge is 0.339 e. The van der Waals surface area contributed by atoms with Crippen LogP contribution in [0.3, 0.4) is 0 Å². The van der Waals surface area contributed by atoms with Crippen LogP contribution in [0.2, 0.25) is 5.02 Å². The molecule has 4 aromatic rings. The van der Waals surface area contributed by atoms with Crippen molar-refractivity contribution in [3.05, 3.63) is 65.2 Å². The second-order valence-electron chi connectivity index (χ2n) is 8.77. The number of H-pyrrole nitrogens is 1. The van der Waals surface area contributed by atoms with E-state index in [0.29, 0.717) is 23.8 Å². The molecule has 8 nitrogen and oxygen atoms in total. The minimum absolute atomic E-state index is 0.0447. The van der Waals surface area contributed by atoms with Crippen LogP contribution in [0.15, 0.2) is 43.2 Å². The van der Waals surface area contributed by atoms with Gasteiger partial charge in [-0.25, -0.2) is 4.98 Å². The number of nitriles is 1. The summed E-state index contributed by atoms with van der Waals surface area (Å²) in [5.74, 6) is -0.0447. The third-order valence-electron chi connectivity index (χ3n) is 6.71. The molecule has 1 aliphatic heterocycles. The third-order valence-corrected chi connectivity index (χ3v) is 7.20. The van der Waals surface area contributed by atoms with Crippen LogP contribution in [-0.2, 0) is 4.79 Å². The average molecular weight is 486 g/mol. The van der Waals surface area contributed by atoms with Crippen molar-refractivity contribution in [1.82, 2.24) is 29.9 Å². The van der Waals surface area contributed by atoms with Gasteiger partial charge in [0.2, 0.25) is 5.91 Å². The van der Waals surface area contributed by atoms with E-state index >= 15 is 0 Å². The molecule has 0 unspecified atom stereocenters. The summed E-state index contributed by atoms with van der Waals surface area (Å²) in [5, 5.41) is 23.4. The van der Waals surface area contributed by atoms with Crippen LogP contribution in [0.1, 0.15) is 35.8 Å². The lowest BCUT2D eigenvalue weighted by Gasteiger charge is -2.32. The Balaban J connectivity index is 1.70. The molecule has 0 saturated carbocycles. The summed E-state index contributed by atoms with van der Waals surface area (Å²) in [6.07, 6.45) is 6.33. The van der Waals surface area contributed by atoms with Crippen molar-refractivity contribution in [2.75, 3.05) is 13.1 Å². The van der Waals surface area contributed by atoms with Gasteiger partial charge in [-0.1, -0.05) is 18.2 Å². The van der Waals surface area contributed by atoms with Gasteiger partial charge in [0.1, 0.15) is 17.5 Å². The average Bonchev–Trinajstić information content (AvgIpc) is 3.48. The minimum atomic E-state index is -0.0447. The fourth-order valence-corrected chi connectivity index (χ4v) is 5.17. The van der Waals surface area contributed by atoms with Crippen molar-refractivity contribution in [2.45, 2.75) is 32.7 Å². The van der Waals surface area contributed by atoms with E-state index in [9.17, 15) is 10.1 Å². The van der Waals surface area contributed by atoms with Gasteiger partial charge < -0.3 is 4.90 Å². The van der Waals surface area contributed by atoms with Crippen LogP contribution >= 0.6 is 11.6 Å². The van der Waals surface area contributed by atoms with Gasteiger partial charge in [-0.2, -0.15) is 15.5 Å². The van der Waals surface area contributed by atoms with E-state index in [1.54, 1.807) is 18.5 Å². The van der Waals surface area contributed by atoms with Gasteiger partial charge in [0.05, 0.1) is 22.8 Å². The first-order chi connectivity index (χ1) is 16.9. The minimum Gasteiger partial charge on any atom is -0.339 e. The maximum absolute atomic E-state index is 12.1. The molecule has 1 saturated heterocycles. The molecule has 1 aliphatic rings.